The summed E-state index contributed by atoms with van der Waals surface area (Å²) >= 11 is 7.94. The van der Waals surface area contributed by atoms with Crippen LogP contribution in [0.4, 0.5) is 5.95 Å². The van der Waals surface area contributed by atoms with E-state index in [2.05, 4.69) is 34.8 Å². The molecule has 0 bridgehead atoms. The molecule has 3 aromatic heterocycles. The Balaban J connectivity index is 1.26. The summed E-state index contributed by atoms with van der Waals surface area (Å²) in [6, 6.07) is 11.6. The number of nitrogens with zero attached hydrogens (tertiary/aromatic N) is 7. The number of rotatable bonds is 8. The molecule has 1 aromatic carbocycles. The Labute approximate surface area is 195 Å². The molecule has 0 spiro atoms. The quantitative estimate of drug-likeness (QED) is 0.272. The van der Waals surface area contributed by atoms with E-state index in [4.69, 9.17) is 16.1 Å². The van der Waals surface area contributed by atoms with Crippen molar-refractivity contribution in [1.29, 1.82) is 0 Å². The minimum Gasteiger partial charge on any atom is -0.341 e. The van der Waals surface area contributed by atoms with Crippen LogP contribution in [0.25, 0.3) is 17.1 Å². The van der Waals surface area contributed by atoms with Crippen LogP contribution in [0.2, 0.25) is 5.02 Å². The van der Waals surface area contributed by atoms with Gasteiger partial charge in [-0.1, -0.05) is 34.6 Å². The molecule has 1 aliphatic heterocycles. The number of halogens is 1. The molecule has 0 N–H and O–H groups in total. The summed E-state index contributed by atoms with van der Waals surface area (Å²) in [6.45, 7) is 2.00. The van der Waals surface area contributed by atoms with E-state index in [1.807, 2.05) is 36.4 Å². The Morgan fingerprint density at radius 3 is 2.72 bits per heavy atom. The number of benzene rings is 1. The molecular weight excluding hydrogens is 446 g/mol. The second kappa shape index (κ2) is 9.70. The van der Waals surface area contributed by atoms with E-state index < -0.39 is 0 Å². The lowest BCUT2D eigenvalue weighted by Gasteiger charge is -2.18. The molecule has 32 heavy (non-hydrogen) atoms. The number of thioether (sulfide) groups is 1. The fourth-order valence-corrected chi connectivity index (χ4v) is 4.75. The van der Waals surface area contributed by atoms with Gasteiger partial charge in [0.15, 0.2) is 5.16 Å². The van der Waals surface area contributed by atoms with Crippen molar-refractivity contribution in [2.45, 2.75) is 30.8 Å². The summed E-state index contributed by atoms with van der Waals surface area (Å²) in [5, 5.41) is 14.6. The fourth-order valence-electron chi connectivity index (χ4n) is 3.68. The molecule has 1 saturated heterocycles. The van der Waals surface area contributed by atoms with Crippen LogP contribution in [-0.4, -0.2) is 48.7 Å². The Bertz CT molecular complexity index is 1170. The lowest BCUT2D eigenvalue weighted by atomic mass is 10.2. The van der Waals surface area contributed by atoms with Gasteiger partial charge in [-0.05, 0) is 49.6 Å². The molecular formula is C22H22ClN7OS. The second-order valence-corrected chi connectivity index (χ2v) is 8.99. The summed E-state index contributed by atoms with van der Waals surface area (Å²) < 4.78 is 7.51. The van der Waals surface area contributed by atoms with Crippen LogP contribution in [0.1, 0.15) is 25.2 Å². The third kappa shape index (κ3) is 4.63. The van der Waals surface area contributed by atoms with E-state index in [9.17, 15) is 0 Å². The van der Waals surface area contributed by atoms with Gasteiger partial charge >= 0.3 is 0 Å². The first-order valence-electron chi connectivity index (χ1n) is 10.6. The highest BCUT2D eigenvalue weighted by Crippen LogP contribution is 2.30. The molecule has 0 radical (unpaired) electrons. The van der Waals surface area contributed by atoms with Crippen molar-refractivity contribution in [3.63, 3.8) is 0 Å². The van der Waals surface area contributed by atoms with Crippen LogP contribution < -0.4 is 4.90 Å². The minimum absolute atomic E-state index is 0.589. The van der Waals surface area contributed by atoms with Gasteiger partial charge in [0.1, 0.15) is 0 Å². The first kappa shape index (κ1) is 21.0. The number of aryl methyl sites for hydroxylation is 1. The molecule has 164 valence electrons. The van der Waals surface area contributed by atoms with Crippen molar-refractivity contribution in [3.05, 3.63) is 59.7 Å². The summed E-state index contributed by atoms with van der Waals surface area (Å²) in [6.07, 6.45) is 7.37. The van der Waals surface area contributed by atoms with Gasteiger partial charge in [-0.25, -0.2) is 0 Å². The number of hydrogen-bond donors (Lipinski definition) is 0. The standard InChI is InChI=1S/C22H22ClN7OS/c23-17-5-3-6-18(15-17)30-21(29-12-1-2-13-29)26-27-22(30)32-14-4-7-19-25-20(28-31-19)16-8-10-24-11-9-16/h3,5-6,8-11,15H,1-2,4,7,12-14H2. The van der Waals surface area contributed by atoms with Gasteiger partial charge in [-0.3, -0.25) is 9.55 Å². The smallest absolute Gasteiger partial charge is 0.232 e. The largest absolute Gasteiger partial charge is 0.341 e. The topological polar surface area (TPSA) is 85.8 Å². The van der Waals surface area contributed by atoms with Crippen molar-refractivity contribution in [3.8, 4) is 17.1 Å². The molecule has 0 aliphatic carbocycles. The van der Waals surface area contributed by atoms with Gasteiger partial charge in [0.05, 0.1) is 5.69 Å². The number of anilines is 1. The van der Waals surface area contributed by atoms with Gasteiger partial charge in [0.25, 0.3) is 0 Å². The van der Waals surface area contributed by atoms with Crippen molar-refractivity contribution in [2.24, 2.45) is 0 Å². The van der Waals surface area contributed by atoms with Crippen LogP contribution in [0, 0.1) is 0 Å². The summed E-state index contributed by atoms with van der Waals surface area (Å²) in [5.41, 5.74) is 1.87. The molecule has 4 heterocycles. The van der Waals surface area contributed by atoms with E-state index in [0.717, 1.165) is 47.6 Å². The average molecular weight is 468 g/mol. The Kier molecular flexibility index (Phi) is 6.36. The summed E-state index contributed by atoms with van der Waals surface area (Å²) in [4.78, 5) is 10.8. The SMILES string of the molecule is Clc1cccc(-n2c(SCCCc3nc(-c4ccncc4)no3)nnc2N2CCCC2)c1. The second-order valence-electron chi connectivity index (χ2n) is 7.49. The van der Waals surface area contributed by atoms with Gasteiger partial charge < -0.3 is 9.42 Å². The Hall–Kier alpha value is -2.91. The molecule has 0 atom stereocenters. The normalized spacial score (nSPS) is 13.7. The molecule has 8 nitrogen and oxygen atoms in total. The van der Waals surface area contributed by atoms with Crippen molar-refractivity contribution in [1.82, 2.24) is 29.9 Å². The Morgan fingerprint density at radius 1 is 1.06 bits per heavy atom. The fraction of sp³-hybridized carbons (Fsp3) is 0.318. The molecule has 4 aromatic rings. The third-order valence-corrected chi connectivity index (χ3v) is 6.49. The van der Waals surface area contributed by atoms with Gasteiger partial charge in [-0.15, -0.1) is 10.2 Å². The van der Waals surface area contributed by atoms with Crippen molar-refractivity contribution >= 4 is 29.3 Å². The van der Waals surface area contributed by atoms with Crippen LogP contribution in [0.3, 0.4) is 0 Å². The van der Waals surface area contributed by atoms with E-state index in [-0.39, 0.29) is 0 Å². The van der Waals surface area contributed by atoms with Crippen molar-refractivity contribution < 1.29 is 4.52 Å². The summed E-state index contributed by atoms with van der Waals surface area (Å²) in [7, 11) is 0. The molecule has 1 aliphatic rings. The van der Waals surface area contributed by atoms with Gasteiger partial charge in [-0.2, -0.15) is 4.98 Å². The molecule has 0 unspecified atom stereocenters. The number of hydrogen-bond acceptors (Lipinski definition) is 8. The van der Waals surface area contributed by atoms with E-state index in [1.54, 1.807) is 24.2 Å². The van der Waals surface area contributed by atoms with Crippen LogP contribution in [0.15, 0.2) is 58.5 Å². The zero-order valence-corrected chi connectivity index (χ0v) is 19.0. The maximum Gasteiger partial charge on any atom is 0.232 e. The highest BCUT2D eigenvalue weighted by atomic mass is 35.5. The maximum absolute atomic E-state index is 6.27. The lowest BCUT2D eigenvalue weighted by Crippen LogP contribution is -2.22. The van der Waals surface area contributed by atoms with Gasteiger partial charge in [0, 0.05) is 48.2 Å². The average Bonchev–Trinajstić information content (AvgIpc) is 3.58. The zero-order chi connectivity index (χ0) is 21.8. The highest BCUT2D eigenvalue weighted by molar-refractivity contribution is 7.99. The maximum atomic E-state index is 6.27. The zero-order valence-electron chi connectivity index (χ0n) is 17.4. The number of pyridine rings is 1. The number of aromatic nitrogens is 6. The molecule has 10 heteroatoms. The van der Waals surface area contributed by atoms with Gasteiger partial charge in [0.2, 0.25) is 17.7 Å². The lowest BCUT2D eigenvalue weighted by molar-refractivity contribution is 0.378. The van der Waals surface area contributed by atoms with E-state index in [1.165, 1.54) is 12.8 Å². The molecule has 1 fully saturated rings. The van der Waals surface area contributed by atoms with Crippen LogP contribution >= 0.6 is 23.4 Å². The predicted octanol–water partition coefficient (Wildman–Crippen LogP) is 4.69. The first-order chi connectivity index (χ1) is 15.8. The highest BCUT2D eigenvalue weighted by Gasteiger charge is 2.22. The minimum atomic E-state index is 0.589. The monoisotopic (exact) mass is 467 g/mol. The van der Waals surface area contributed by atoms with Crippen LogP contribution in [0.5, 0.6) is 0 Å². The Morgan fingerprint density at radius 2 is 1.91 bits per heavy atom. The molecule has 0 saturated carbocycles. The van der Waals surface area contributed by atoms with Crippen molar-refractivity contribution in [2.75, 3.05) is 23.7 Å². The third-order valence-electron chi connectivity index (χ3n) is 5.24. The van der Waals surface area contributed by atoms with E-state index in [0.29, 0.717) is 23.2 Å². The molecule has 5 rings (SSSR count). The van der Waals surface area contributed by atoms with Crippen LogP contribution in [-0.2, 0) is 6.42 Å². The van der Waals surface area contributed by atoms with E-state index >= 15 is 0 Å². The summed E-state index contributed by atoms with van der Waals surface area (Å²) in [5.74, 6) is 2.95. The molecule has 0 amide bonds. The predicted molar refractivity (Wildman–Crippen MR) is 124 cm³/mol. The first-order valence-corrected chi connectivity index (χ1v) is 12.0.